The Morgan fingerprint density at radius 1 is 1.55 bits per heavy atom. The summed E-state index contributed by atoms with van der Waals surface area (Å²) in [5.74, 6) is 0.0121. The van der Waals surface area contributed by atoms with E-state index in [4.69, 9.17) is 12.2 Å². The molecule has 2 aromatic heterocycles. The number of rotatable bonds is 5. The van der Waals surface area contributed by atoms with E-state index in [0.717, 1.165) is 28.4 Å². The predicted octanol–water partition coefficient (Wildman–Crippen LogP) is 2.44. The van der Waals surface area contributed by atoms with Gasteiger partial charge in [0.25, 0.3) is 0 Å². The number of carbonyl (C=O) groups is 1. The second-order valence-electron chi connectivity index (χ2n) is 4.95. The van der Waals surface area contributed by atoms with Crippen molar-refractivity contribution in [3.8, 4) is 0 Å². The normalized spacial score (nSPS) is 12.3. The van der Waals surface area contributed by atoms with Crippen molar-refractivity contribution >= 4 is 29.5 Å². The first kappa shape index (κ1) is 14.9. The number of amides is 1. The topological polar surface area (TPSA) is 73.6 Å². The lowest BCUT2D eigenvalue weighted by Gasteiger charge is -2.12. The van der Waals surface area contributed by atoms with Crippen LogP contribution in [0.5, 0.6) is 0 Å². The summed E-state index contributed by atoms with van der Waals surface area (Å²) in [5, 5.41) is 10.1. The molecule has 2 aromatic rings. The van der Waals surface area contributed by atoms with Crippen LogP contribution in [0.3, 0.4) is 0 Å². The lowest BCUT2D eigenvalue weighted by atomic mass is 10.1. The molecule has 7 heteroatoms. The predicted molar refractivity (Wildman–Crippen MR) is 82.6 cm³/mol. The number of thiazole rings is 1. The Bertz CT molecular complexity index is 655. The average molecular weight is 310 g/mol. The lowest BCUT2D eigenvalue weighted by Crippen LogP contribution is -2.35. The third kappa shape index (κ3) is 4.01. The Morgan fingerprint density at radius 3 is 2.85 bits per heavy atom. The molecule has 0 aliphatic carbocycles. The molecule has 0 aromatic carbocycles. The van der Waals surface area contributed by atoms with Crippen molar-refractivity contribution < 1.29 is 4.79 Å². The first-order valence-corrected chi connectivity index (χ1v) is 7.65. The molecule has 2 heterocycles. The van der Waals surface area contributed by atoms with E-state index in [9.17, 15) is 4.79 Å². The smallest absolute Gasteiger partial charge is 0.225 e. The minimum atomic E-state index is 0.0121. The maximum atomic E-state index is 12.0. The second-order valence-corrected chi connectivity index (χ2v) is 6.73. The molecule has 1 atom stereocenters. The number of aromatic nitrogens is 3. The molecular weight excluding hydrogens is 292 g/mol. The van der Waals surface area contributed by atoms with Gasteiger partial charge in [0.1, 0.15) is 0 Å². The number of carbonyl (C=O) groups excluding carboxylic acids is 1. The van der Waals surface area contributed by atoms with Crippen molar-refractivity contribution in [1.82, 2.24) is 20.5 Å². The first-order chi connectivity index (χ1) is 9.44. The van der Waals surface area contributed by atoms with E-state index in [1.54, 1.807) is 0 Å². The highest BCUT2D eigenvalue weighted by Gasteiger charge is 2.12. The maximum absolute atomic E-state index is 12.0. The zero-order valence-corrected chi connectivity index (χ0v) is 13.4. The Kier molecular flexibility index (Phi) is 4.72. The van der Waals surface area contributed by atoms with Crippen molar-refractivity contribution in [2.24, 2.45) is 0 Å². The van der Waals surface area contributed by atoms with Crippen LogP contribution in [-0.4, -0.2) is 27.1 Å². The first-order valence-electron chi connectivity index (χ1n) is 6.43. The molecular formula is C13H18N4OS2. The van der Waals surface area contributed by atoms with Crippen molar-refractivity contribution in [2.45, 2.75) is 39.7 Å². The van der Waals surface area contributed by atoms with Crippen LogP contribution in [0.1, 0.15) is 28.9 Å². The highest BCUT2D eigenvalue weighted by atomic mass is 32.1. The molecule has 5 nitrogen and oxygen atoms in total. The second kappa shape index (κ2) is 6.32. The molecule has 0 aliphatic rings. The van der Waals surface area contributed by atoms with Crippen LogP contribution in [0.15, 0.2) is 6.07 Å². The Morgan fingerprint density at radius 2 is 2.30 bits per heavy atom. The highest BCUT2D eigenvalue weighted by molar-refractivity contribution is 7.73. The fourth-order valence-corrected chi connectivity index (χ4v) is 3.31. The molecule has 0 bridgehead atoms. The third-order valence-corrected chi connectivity index (χ3v) is 4.26. The fraction of sp³-hybridized carbons (Fsp3) is 0.462. The summed E-state index contributed by atoms with van der Waals surface area (Å²) in [6, 6.07) is 2.04. The summed E-state index contributed by atoms with van der Waals surface area (Å²) < 4.78 is 0.713. The number of aryl methyl sites for hydroxylation is 2. The van der Waals surface area contributed by atoms with Crippen molar-refractivity contribution in [3.63, 3.8) is 0 Å². The van der Waals surface area contributed by atoms with Gasteiger partial charge in [-0.2, -0.15) is 5.10 Å². The quantitative estimate of drug-likeness (QED) is 0.743. The maximum Gasteiger partial charge on any atom is 0.225 e. The summed E-state index contributed by atoms with van der Waals surface area (Å²) in [4.78, 5) is 16.0. The lowest BCUT2D eigenvalue weighted by molar-refractivity contribution is -0.121. The molecule has 108 valence electrons. The third-order valence-electron chi connectivity index (χ3n) is 2.93. The van der Waals surface area contributed by atoms with Crippen LogP contribution in [0.25, 0.3) is 0 Å². The number of H-pyrrole nitrogens is 2. The monoisotopic (exact) mass is 310 g/mol. The van der Waals surface area contributed by atoms with Gasteiger partial charge in [0.05, 0.1) is 12.1 Å². The van der Waals surface area contributed by atoms with E-state index in [1.165, 1.54) is 11.3 Å². The zero-order valence-electron chi connectivity index (χ0n) is 11.7. The molecule has 0 fully saturated rings. The summed E-state index contributed by atoms with van der Waals surface area (Å²) in [6.07, 6.45) is 1.09. The van der Waals surface area contributed by atoms with Crippen LogP contribution in [0, 0.1) is 17.8 Å². The SMILES string of the molecule is Cc1cc(C[C@@H](C)NC(=O)Cc2sc(=S)[nH]c2C)n[nH]1. The Balaban J connectivity index is 1.88. The summed E-state index contributed by atoms with van der Waals surface area (Å²) in [7, 11) is 0. The van der Waals surface area contributed by atoms with Gasteiger partial charge in [-0.05, 0) is 39.1 Å². The molecule has 0 spiro atoms. The molecule has 20 heavy (non-hydrogen) atoms. The minimum absolute atomic E-state index is 0.0121. The van der Waals surface area contributed by atoms with Crippen LogP contribution in [0.4, 0.5) is 0 Å². The van der Waals surface area contributed by atoms with Crippen LogP contribution < -0.4 is 5.32 Å². The molecule has 0 saturated carbocycles. The molecule has 0 radical (unpaired) electrons. The average Bonchev–Trinajstić information content (AvgIpc) is 2.85. The van der Waals surface area contributed by atoms with Crippen LogP contribution in [0.2, 0.25) is 0 Å². The van der Waals surface area contributed by atoms with Gasteiger partial charge < -0.3 is 10.3 Å². The summed E-state index contributed by atoms with van der Waals surface area (Å²) >= 11 is 6.53. The van der Waals surface area contributed by atoms with Gasteiger partial charge in [-0.3, -0.25) is 9.89 Å². The molecule has 0 aliphatic heterocycles. The van der Waals surface area contributed by atoms with E-state index in [1.807, 2.05) is 26.8 Å². The standard InChI is InChI=1S/C13H18N4OS2/c1-7(4-10-5-8(2)16-17-10)14-12(18)6-11-9(3)15-13(19)20-11/h5,7H,4,6H2,1-3H3,(H,14,18)(H,15,19)(H,16,17)/t7-/m1/s1. The van der Waals surface area contributed by atoms with Gasteiger partial charge in [-0.1, -0.05) is 0 Å². The van der Waals surface area contributed by atoms with Gasteiger partial charge in [0, 0.05) is 28.7 Å². The van der Waals surface area contributed by atoms with E-state index in [0.29, 0.717) is 10.4 Å². The number of hydrogen-bond donors (Lipinski definition) is 3. The van der Waals surface area contributed by atoms with Gasteiger partial charge in [-0.25, -0.2) is 0 Å². The highest BCUT2D eigenvalue weighted by Crippen LogP contribution is 2.15. The summed E-state index contributed by atoms with van der Waals surface area (Å²) in [5.41, 5.74) is 2.97. The zero-order chi connectivity index (χ0) is 14.7. The number of hydrogen-bond acceptors (Lipinski definition) is 4. The molecule has 0 unspecified atom stereocenters. The molecule has 3 N–H and O–H groups in total. The fourth-order valence-electron chi connectivity index (χ4n) is 2.02. The summed E-state index contributed by atoms with van der Waals surface area (Å²) in [6.45, 7) is 5.88. The van der Waals surface area contributed by atoms with E-state index < -0.39 is 0 Å². The van der Waals surface area contributed by atoms with Gasteiger partial charge >= 0.3 is 0 Å². The van der Waals surface area contributed by atoms with E-state index >= 15 is 0 Å². The molecule has 2 rings (SSSR count). The largest absolute Gasteiger partial charge is 0.353 e. The van der Waals surface area contributed by atoms with Gasteiger partial charge in [-0.15, -0.1) is 11.3 Å². The van der Waals surface area contributed by atoms with Crippen molar-refractivity contribution in [1.29, 1.82) is 0 Å². The number of aromatic amines is 2. The Hall–Kier alpha value is -1.47. The molecule has 1 amide bonds. The van der Waals surface area contributed by atoms with Crippen molar-refractivity contribution in [2.75, 3.05) is 0 Å². The minimum Gasteiger partial charge on any atom is -0.353 e. The molecule has 0 saturated heterocycles. The van der Waals surface area contributed by atoms with Gasteiger partial charge in [0.2, 0.25) is 5.91 Å². The van der Waals surface area contributed by atoms with E-state index in [2.05, 4.69) is 20.5 Å². The van der Waals surface area contributed by atoms with Crippen molar-refractivity contribution in [3.05, 3.63) is 32.0 Å². The van der Waals surface area contributed by atoms with Crippen LogP contribution >= 0.6 is 23.6 Å². The van der Waals surface area contributed by atoms with E-state index in [-0.39, 0.29) is 11.9 Å². The Labute approximate surface area is 126 Å². The van der Waals surface area contributed by atoms with Crippen LogP contribution in [-0.2, 0) is 17.6 Å². The number of nitrogens with zero attached hydrogens (tertiary/aromatic N) is 1. The van der Waals surface area contributed by atoms with Gasteiger partial charge in [0.15, 0.2) is 3.95 Å². The number of nitrogens with one attached hydrogen (secondary N) is 3.